The number of carbonyl (C=O) groups excluding carboxylic acids is 1. The minimum absolute atomic E-state index is 0.0231. The van der Waals surface area contributed by atoms with Gasteiger partial charge in [0.05, 0.1) is 31.2 Å². The molecule has 2 aromatic heterocycles. The largest absolute Gasteiger partial charge is 0.497 e. The van der Waals surface area contributed by atoms with Crippen LogP contribution in [0.4, 0.5) is 11.5 Å². The molecule has 40 heavy (non-hydrogen) atoms. The number of fused-ring (bicyclic) bond motifs is 2. The number of rotatable bonds is 7. The van der Waals surface area contributed by atoms with Crippen molar-refractivity contribution in [2.24, 2.45) is 0 Å². The van der Waals surface area contributed by atoms with E-state index in [2.05, 4.69) is 39.4 Å². The van der Waals surface area contributed by atoms with E-state index in [1.165, 1.54) is 12.5 Å². The Morgan fingerprint density at radius 3 is 2.70 bits per heavy atom. The lowest BCUT2D eigenvalue weighted by atomic mass is 10.0. The van der Waals surface area contributed by atoms with Gasteiger partial charge in [-0.1, -0.05) is 6.58 Å². The molecule has 3 aliphatic rings. The van der Waals surface area contributed by atoms with Gasteiger partial charge in [-0.3, -0.25) is 9.78 Å². The maximum absolute atomic E-state index is 12.2. The Kier molecular flexibility index (Phi) is 7.42. The zero-order valence-corrected chi connectivity index (χ0v) is 23.4. The Balaban J connectivity index is 1.31. The first kappa shape index (κ1) is 26.3. The quantitative estimate of drug-likeness (QED) is 0.418. The number of hydrogen-bond donors (Lipinski definition) is 0. The van der Waals surface area contributed by atoms with Crippen LogP contribution in [0.1, 0.15) is 24.1 Å². The number of benzene rings is 1. The van der Waals surface area contributed by atoms with Crippen LogP contribution in [0.15, 0.2) is 43.2 Å². The van der Waals surface area contributed by atoms with Crippen molar-refractivity contribution in [2.45, 2.75) is 31.8 Å². The summed E-state index contributed by atoms with van der Waals surface area (Å²) in [5, 5.41) is 2.18. The van der Waals surface area contributed by atoms with Gasteiger partial charge in [0.15, 0.2) is 0 Å². The number of hydrogen-bond acceptors (Lipinski definition) is 9. The van der Waals surface area contributed by atoms with Crippen molar-refractivity contribution >= 4 is 28.2 Å². The summed E-state index contributed by atoms with van der Waals surface area (Å²) in [4.78, 5) is 35.4. The summed E-state index contributed by atoms with van der Waals surface area (Å²) < 4.78 is 11.8. The molecule has 1 amide bonds. The van der Waals surface area contributed by atoms with E-state index in [-0.39, 0.29) is 5.91 Å². The van der Waals surface area contributed by atoms with Crippen LogP contribution in [0.2, 0.25) is 0 Å². The van der Waals surface area contributed by atoms with Crippen molar-refractivity contribution in [1.82, 2.24) is 24.8 Å². The molecule has 5 heterocycles. The van der Waals surface area contributed by atoms with Gasteiger partial charge in [-0.2, -0.15) is 9.97 Å². The van der Waals surface area contributed by atoms with Crippen LogP contribution in [-0.4, -0.2) is 96.7 Å². The zero-order chi connectivity index (χ0) is 27.6. The number of nitrogens with zero attached hydrogens (tertiary/aromatic N) is 7. The van der Waals surface area contributed by atoms with Crippen molar-refractivity contribution in [3.8, 4) is 11.8 Å². The maximum Gasteiger partial charge on any atom is 0.318 e. The van der Waals surface area contributed by atoms with E-state index in [0.717, 1.165) is 65.2 Å². The molecule has 3 aromatic rings. The van der Waals surface area contributed by atoms with Crippen molar-refractivity contribution < 1.29 is 14.3 Å². The average Bonchev–Trinajstić information content (AvgIpc) is 3.42. The highest BCUT2D eigenvalue weighted by Crippen LogP contribution is 2.35. The Hall–Kier alpha value is -3.92. The third kappa shape index (κ3) is 5.15. The number of likely N-dealkylation sites (tertiary alicyclic amines) is 1. The van der Waals surface area contributed by atoms with Crippen LogP contribution >= 0.6 is 0 Å². The molecule has 6 rings (SSSR count). The number of aromatic nitrogens is 3. The van der Waals surface area contributed by atoms with Crippen LogP contribution < -0.4 is 19.3 Å². The fourth-order valence-corrected chi connectivity index (χ4v) is 6.06. The molecule has 1 aromatic carbocycles. The Labute approximate surface area is 235 Å². The molecule has 3 aliphatic heterocycles. The molecule has 210 valence electrons. The minimum atomic E-state index is -0.0231. The number of amides is 1. The molecule has 0 spiro atoms. The zero-order valence-electron chi connectivity index (χ0n) is 23.4. The molecular weight excluding hydrogens is 506 g/mol. The third-order valence-electron chi connectivity index (χ3n) is 8.45. The van der Waals surface area contributed by atoms with Crippen molar-refractivity contribution in [3.05, 3.63) is 54.5 Å². The van der Waals surface area contributed by atoms with Crippen LogP contribution in [0.25, 0.3) is 10.8 Å². The molecule has 10 heteroatoms. The van der Waals surface area contributed by atoms with Crippen LogP contribution in [-0.2, 0) is 17.8 Å². The first-order valence-electron chi connectivity index (χ1n) is 14.1. The maximum atomic E-state index is 12.2. The number of piperazine rings is 1. The number of anilines is 2. The topological polar surface area (TPSA) is 87.2 Å². The van der Waals surface area contributed by atoms with Gasteiger partial charge >= 0.3 is 6.01 Å². The van der Waals surface area contributed by atoms with Gasteiger partial charge in [0.2, 0.25) is 5.91 Å². The number of pyridine rings is 1. The van der Waals surface area contributed by atoms with E-state index in [0.29, 0.717) is 51.4 Å². The highest BCUT2D eigenvalue weighted by molar-refractivity contribution is 5.94. The summed E-state index contributed by atoms with van der Waals surface area (Å²) in [5.41, 5.74) is 3.21. The Morgan fingerprint density at radius 1 is 1.10 bits per heavy atom. The first-order valence-corrected chi connectivity index (χ1v) is 14.1. The minimum Gasteiger partial charge on any atom is -0.497 e. The van der Waals surface area contributed by atoms with Gasteiger partial charge in [-0.15, -0.1) is 0 Å². The van der Waals surface area contributed by atoms with Gasteiger partial charge in [0.1, 0.15) is 18.2 Å². The lowest BCUT2D eigenvalue weighted by Crippen LogP contribution is -2.49. The normalized spacial score (nSPS) is 19.6. The van der Waals surface area contributed by atoms with E-state index in [9.17, 15) is 4.79 Å². The SMILES string of the molecule is C=CC(=O)N1CCN(c2nc(OC[C@@H]3CCCN3C)nc3c2CCN(c2cncc4ccc(OC)cc24)C3)CC1. The van der Waals surface area contributed by atoms with Crippen molar-refractivity contribution in [2.75, 3.05) is 69.8 Å². The van der Waals surface area contributed by atoms with Gasteiger partial charge in [0, 0.05) is 61.3 Å². The second-order valence-corrected chi connectivity index (χ2v) is 10.8. The molecule has 0 bridgehead atoms. The second-order valence-electron chi connectivity index (χ2n) is 10.8. The first-order chi connectivity index (χ1) is 19.5. The van der Waals surface area contributed by atoms with Gasteiger partial charge in [-0.05, 0) is 57.1 Å². The van der Waals surface area contributed by atoms with Gasteiger partial charge in [0.25, 0.3) is 0 Å². The molecule has 1 atom stereocenters. The van der Waals surface area contributed by atoms with E-state index in [1.807, 2.05) is 29.4 Å². The smallest absolute Gasteiger partial charge is 0.318 e. The molecule has 0 aliphatic carbocycles. The number of carbonyl (C=O) groups is 1. The summed E-state index contributed by atoms with van der Waals surface area (Å²) in [7, 11) is 3.84. The lowest BCUT2D eigenvalue weighted by Gasteiger charge is -2.38. The van der Waals surface area contributed by atoms with Crippen molar-refractivity contribution in [1.29, 1.82) is 0 Å². The molecule has 0 saturated carbocycles. The molecule has 0 radical (unpaired) electrons. The second kappa shape index (κ2) is 11.3. The van der Waals surface area contributed by atoms with Crippen LogP contribution in [0.5, 0.6) is 11.8 Å². The van der Waals surface area contributed by atoms with E-state index >= 15 is 0 Å². The van der Waals surface area contributed by atoms with Crippen LogP contribution in [0.3, 0.4) is 0 Å². The van der Waals surface area contributed by atoms with Gasteiger partial charge < -0.3 is 29.1 Å². The Bertz CT molecular complexity index is 1410. The summed E-state index contributed by atoms with van der Waals surface area (Å²) in [6.07, 6.45) is 8.33. The highest BCUT2D eigenvalue weighted by Gasteiger charge is 2.30. The average molecular weight is 544 g/mol. The van der Waals surface area contributed by atoms with E-state index < -0.39 is 0 Å². The van der Waals surface area contributed by atoms with Crippen molar-refractivity contribution in [3.63, 3.8) is 0 Å². The van der Waals surface area contributed by atoms with E-state index in [4.69, 9.17) is 19.4 Å². The molecule has 10 nitrogen and oxygen atoms in total. The summed E-state index contributed by atoms with van der Waals surface area (Å²) in [6, 6.07) is 6.89. The predicted octanol–water partition coefficient (Wildman–Crippen LogP) is 2.90. The number of methoxy groups -OCH3 is 1. The van der Waals surface area contributed by atoms with E-state index in [1.54, 1.807) is 7.11 Å². The molecular formula is C30H37N7O3. The molecule has 2 saturated heterocycles. The fraction of sp³-hybridized carbons (Fsp3) is 0.467. The monoisotopic (exact) mass is 543 g/mol. The van der Waals surface area contributed by atoms with Crippen LogP contribution in [0, 0.1) is 0 Å². The Morgan fingerprint density at radius 2 is 1.95 bits per heavy atom. The lowest BCUT2D eigenvalue weighted by molar-refractivity contribution is -0.126. The third-order valence-corrected chi connectivity index (χ3v) is 8.45. The number of ether oxygens (including phenoxy) is 2. The summed E-state index contributed by atoms with van der Waals surface area (Å²) in [6.45, 7) is 9.48. The predicted molar refractivity (Wildman–Crippen MR) is 155 cm³/mol. The fourth-order valence-electron chi connectivity index (χ4n) is 6.06. The standard InChI is InChI=1S/C30H37N7O3/c1-4-28(38)35-12-14-36(15-13-35)29-24-9-11-37(27-18-31-17-21-7-8-23(39-3)16-25(21)27)19-26(24)32-30(33-29)40-20-22-6-5-10-34(22)2/h4,7-8,16-18,22H,1,5-6,9-15,19-20H2,2-3H3/t22-/m0/s1. The molecule has 0 N–H and O–H groups in total. The summed E-state index contributed by atoms with van der Waals surface area (Å²) >= 11 is 0. The highest BCUT2D eigenvalue weighted by atomic mass is 16.5. The molecule has 2 fully saturated rings. The van der Waals surface area contributed by atoms with Gasteiger partial charge in [-0.25, -0.2) is 0 Å². The summed E-state index contributed by atoms with van der Waals surface area (Å²) in [5.74, 6) is 1.73. The number of likely N-dealkylation sites (N-methyl/N-ethyl adjacent to an activating group) is 1. The molecule has 0 unspecified atom stereocenters.